The summed E-state index contributed by atoms with van der Waals surface area (Å²) in [5.41, 5.74) is -0.199. The van der Waals surface area contributed by atoms with Gasteiger partial charge in [0.25, 0.3) is 5.91 Å². The van der Waals surface area contributed by atoms with Crippen molar-refractivity contribution >= 4 is 5.91 Å². The third-order valence-corrected chi connectivity index (χ3v) is 4.46. The Morgan fingerprint density at radius 2 is 1.95 bits per heavy atom. The Kier molecular flexibility index (Phi) is 4.15. The Hall–Kier alpha value is -1.89. The average Bonchev–Trinajstić information content (AvgIpc) is 3.02. The molecule has 0 N–H and O–H groups in total. The first-order valence-corrected chi connectivity index (χ1v) is 7.55. The number of likely N-dealkylation sites (tertiary alicyclic amines) is 1. The number of hydrogen-bond acceptors (Lipinski definition) is 6. The molecule has 2 saturated heterocycles. The fraction of sp³-hybridized carbons (Fsp3) is 0.667. The SMILES string of the molecule is COc1cc(OC)nc(C(=O)N2CCCC[C@@]23CCOC3)n1. The molecule has 0 aromatic carbocycles. The molecule has 0 aliphatic carbocycles. The highest BCUT2D eigenvalue weighted by molar-refractivity contribution is 5.91. The molecule has 3 rings (SSSR count). The van der Waals surface area contributed by atoms with Crippen molar-refractivity contribution in [3.63, 3.8) is 0 Å². The van der Waals surface area contributed by atoms with Gasteiger partial charge in [0.2, 0.25) is 17.6 Å². The molecule has 1 spiro atoms. The molecule has 0 unspecified atom stereocenters. The number of piperidine rings is 1. The molecular weight excluding hydrogens is 286 g/mol. The standard InChI is InChI=1S/C15H21N3O4/c1-20-11-9-12(21-2)17-13(16-11)14(19)18-7-4-3-5-15(18)6-8-22-10-15/h9H,3-8,10H2,1-2H3/t15-/m0/s1. The first kappa shape index (κ1) is 15.0. The molecule has 1 amide bonds. The van der Waals surface area contributed by atoms with Crippen molar-refractivity contribution in [2.24, 2.45) is 0 Å². The molecule has 2 fully saturated rings. The van der Waals surface area contributed by atoms with Gasteiger partial charge in [-0.15, -0.1) is 0 Å². The lowest BCUT2D eigenvalue weighted by Crippen LogP contribution is -2.55. The van der Waals surface area contributed by atoms with Crippen molar-refractivity contribution in [3.8, 4) is 11.8 Å². The molecule has 0 radical (unpaired) electrons. The van der Waals surface area contributed by atoms with Crippen LogP contribution in [0.3, 0.4) is 0 Å². The zero-order chi connectivity index (χ0) is 15.6. The van der Waals surface area contributed by atoms with E-state index in [1.165, 1.54) is 14.2 Å². The third kappa shape index (κ3) is 2.61. The second-order valence-corrected chi connectivity index (χ2v) is 5.72. The van der Waals surface area contributed by atoms with E-state index in [0.717, 1.165) is 25.7 Å². The summed E-state index contributed by atoms with van der Waals surface area (Å²) in [4.78, 5) is 23.2. The first-order chi connectivity index (χ1) is 10.7. The Balaban J connectivity index is 1.92. The Morgan fingerprint density at radius 1 is 1.23 bits per heavy atom. The Morgan fingerprint density at radius 3 is 2.55 bits per heavy atom. The average molecular weight is 307 g/mol. The van der Waals surface area contributed by atoms with E-state index in [9.17, 15) is 4.79 Å². The molecule has 1 atom stereocenters. The van der Waals surface area contributed by atoms with Crippen molar-refractivity contribution < 1.29 is 19.0 Å². The summed E-state index contributed by atoms with van der Waals surface area (Å²) in [6.45, 7) is 2.01. The molecule has 7 nitrogen and oxygen atoms in total. The fourth-order valence-electron chi connectivity index (χ4n) is 3.25. The van der Waals surface area contributed by atoms with Gasteiger partial charge in [0.1, 0.15) is 0 Å². The molecule has 0 bridgehead atoms. The molecule has 22 heavy (non-hydrogen) atoms. The van der Waals surface area contributed by atoms with Gasteiger partial charge in [0.15, 0.2) is 0 Å². The Labute approximate surface area is 129 Å². The highest BCUT2D eigenvalue weighted by Gasteiger charge is 2.45. The minimum Gasteiger partial charge on any atom is -0.481 e. The van der Waals surface area contributed by atoms with E-state index in [0.29, 0.717) is 31.5 Å². The lowest BCUT2D eigenvalue weighted by atomic mass is 9.85. The van der Waals surface area contributed by atoms with E-state index in [-0.39, 0.29) is 17.3 Å². The predicted octanol–water partition coefficient (Wildman–Crippen LogP) is 1.28. The number of ether oxygens (including phenoxy) is 3. The van der Waals surface area contributed by atoms with Gasteiger partial charge in [-0.25, -0.2) is 0 Å². The molecule has 120 valence electrons. The van der Waals surface area contributed by atoms with Crippen LogP contribution in [0.15, 0.2) is 6.07 Å². The van der Waals surface area contributed by atoms with Crippen LogP contribution in [0.2, 0.25) is 0 Å². The second kappa shape index (κ2) is 6.08. The molecular formula is C15H21N3O4. The quantitative estimate of drug-likeness (QED) is 0.837. The van der Waals surface area contributed by atoms with Crippen molar-refractivity contribution in [1.29, 1.82) is 0 Å². The molecule has 1 aromatic heterocycles. The van der Waals surface area contributed by atoms with E-state index < -0.39 is 0 Å². The predicted molar refractivity (Wildman–Crippen MR) is 78.2 cm³/mol. The highest BCUT2D eigenvalue weighted by Crippen LogP contribution is 2.36. The summed E-state index contributed by atoms with van der Waals surface area (Å²) >= 11 is 0. The monoisotopic (exact) mass is 307 g/mol. The van der Waals surface area contributed by atoms with Crippen LogP contribution >= 0.6 is 0 Å². The van der Waals surface area contributed by atoms with Gasteiger partial charge in [0.05, 0.1) is 32.4 Å². The molecule has 2 aliphatic heterocycles. The van der Waals surface area contributed by atoms with Gasteiger partial charge >= 0.3 is 0 Å². The molecule has 3 heterocycles. The normalized spacial score (nSPS) is 24.5. The lowest BCUT2D eigenvalue weighted by Gasteiger charge is -2.43. The van der Waals surface area contributed by atoms with Crippen LogP contribution in [0.5, 0.6) is 11.8 Å². The highest BCUT2D eigenvalue weighted by atomic mass is 16.5. The van der Waals surface area contributed by atoms with E-state index in [1.54, 1.807) is 6.07 Å². The zero-order valence-corrected chi connectivity index (χ0v) is 13.0. The van der Waals surface area contributed by atoms with E-state index in [4.69, 9.17) is 14.2 Å². The summed E-state index contributed by atoms with van der Waals surface area (Å²) in [5, 5.41) is 0. The van der Waals surface area contributed by atoms with E-state index in [1.807, 2.05) is 4.90 Å². The van der Waals surface area contributed by atoms with Crippen LogP contribution in [-0.2, 0) is 4.74 Å². The maximum Gasteiger partial charge on any atom is 0.292 e. The number of carbonyl (C=O) groups excluding carboxylic acids is 1. The molecule has 2 aliphatic rings. The number of carbonyl (C=O) groups is 1. The van der Waals surface area contributed by atoms with Crippen LogP contribution in [-0.4, -0.2) is 60.3 Å². The maximum absolute atomic E-state index is 12.9. The molecule has 1 aromatic rings. The number of aromatic nitrogens is 2. The first-order valence-electron chi connectivity index (χ1n) is 7.55. The smallest absolute Gasteiger partial charge is 0.292 e. The van der Waals surface area contributed by atoms with Gasteiger partial charge in [-0.2, -0.15) is 9.97 Å². The minimum absolute atomic E-state index is 0.115. The molecule has 7 heteroatoms. The van der Waals surface area contributed by atoms with Gasteiger partial charge < -0.3 is 19.1 Å². The number of nitrogens with zero attached hydrogens (tertiary/aromatic N) is 3. The van der Waals surface area contributed by atoms with Crippen molar-refractivity contribution in [2.75, 3.05) is 34.0 Å². The van der Waals surface area contributed by atoms with E-state index in [2.05, 4.69) is 9.97 Å². The van der Waals surface area contributed by atoms with Crippen molar-refractivity contribution in [1.82, 2.24) is 14.9 Å². The summed E-state index contributed by atoms with van der Waals surface area (Å²) in [5.74, 6) is 0.583. The van der Waals surface area contributed by atoms with Crippen molar-refractivity contribution in [3.05, 3.63) is 11.9 Å². The van der Waals surface area contributed by atoms with Gasteiger partial charge in [0, 0.05) is 13.2 Å². The van der Waals surface area contributed by atoms with Gasteiger partial charge in [-0.1, -0.05) is 0 Å². The van der Waals surface area contributed by atoms with E-state index >= 15 is 0 Å². The van der Waals surface area contributed by atoms with Crippen LogP contribution in [0, 0.1) is 0 Å². The van der Waals surface area contributed by atoms with Crippen LogP contribution in [0.25, 0.3) is 0 Å². The third-order valence-electron chi connectivity index (χ3n) is 4.46. The summed E-state index contributed by atoms with van der Waals surface area (Å²) in [7, 11) is 3.01. The fourth-order valence-corrected chi connectivity index (χ4v) is 3.25. The summed E-state index contributed by atoms with van der Waals surface area (Å²) in [6, 6.07) is 1.56. The number of amides is 1. The largest absolute Gasteiger partial charge is 0.481 e. The van der Waals surface area contributed by atoms with Crippen LogP contribution in [0.1, 0.15) is 36.3 Å². The minimum atomic E-state index is -0.199. The zero-order valence-electron chi connectivity index (χ0n) is 13.0. The summed E-state index contributed by atoms with van der Waals surface area (Å²) < 4.78 is 15.8. The van der Waals surface area contributed by atoms with Gasteiger partial charge in [-0.05, 0) is 25.7 Å². The second-order valence-electron chi connectivity index (χ2n) is 5.72. The van der Waals surface area contributed by atoms with Gasteiger partial charge in [-0.3, -0.25) is 4.79 Å². The van der Waals surface area contributed by atoms with Crippen LogP contribution < -0.4 is 9.47 Å². The maximum atomic E-state index is 12.9. The lowest BCUT2D eigenvalue weighted by molar-refractivity contribution is 0.0243. The van der Waals surface area contributed by atoms with Crippen LogP contribution in [0.4, 0.5) is 0 Å². The number of methoxy groups -OCH3 is 2. The topological polar surface area (TPSA) is 73.8 Å². The number of rotatable bonds is 3. The van der Waals surface area contributed by atoms with Crippen molar-refractivity contribution in [2.45, 2.75) is 31.2 Å². The number of hydrogen-bond donors (Lipinski definition) is 0. The Bertz CT molecular complexity index is 535. The summed E-state index contributed by atoms with van der Waals surface area (Å²) in [6.07, 6.45) is 3.96. The molecule has 0 saturated carbocycles.